The van der Waals surface area contributed by atoms with Crippen LogP contribution in [0.5, 0.6) is 0 Å². The Kier molecular flexibility index (Phi) is 4.51. The number of aromatic nitrogens is 3. The van der Waals surface area contributed by atoms with Gasteiger partial charge in [0.25, 0.3) is 0 Å². The van der Waals surface area contributed by atoms with Gasteiger partial charge >= 0.3 is 0 Å². The number of nitrogens with zero attached hydrogens (tertiary/aromatic N) is 3. The van der Waals surface area contributed by atoms with Gasteiger partial charge < -0.3 is 9.73 Å². The van der Waals surface area contributed by atoms with Crippen LogP contribution < -0.4 is 5.32 Å². The maximum absolute atomic E-state index is 12.2. The highest BCUT2D eigenvalue weighted by atomic mass is 32.1. The summed E-state index contributed by atoms with van der Waals surface area (Å²) in [5.74, 6) is 1.05. The molecule has 0 radical (unpaired) electrons. The van der Waals surface area contributed by atoms with Crippen molar-refractivity contribution in [2.75, 3.05) is 5.32 Å². The second-order valence-corrected chi connectivity index (χ2v) is 7.23. The summed E-state index contributed by atoms with van der Waals surface area (Å²) >= 11 is 3.00. The van der Waals surface area contributed by atoms with Gasteiger partial charge in [0.1, 0.15) is 11.5 Å². The molecule has 0 saturated heterocycles. The van der Waals surface area contributed by atoms with Crippen molar-refractivity contribution in [1.82, 2.24) is 14.8 Å². The summed E-state index contributed by atoms with van der Waals surface area (Å²) in [5, 5.41) is 11.8. The minimum absolute atomic E-state index is 0.220. The van der Waals surface area contributed by atoms with Gasteiger partial charge in [-0.1, -0.05) is 6.07 Å². The highest BCUT2D eigenvalue weighted by molar-refractivity contribution is 7.12. The quantitative estimate of drug-likeness (QED) is 0.512. The van der Waals surface area contributed by atoms with Gasteiger partial charge in [0.15, 0.2) is 5.76 Å². The lowest BCUT2D eigenvalue weighted by Gasteiger charge is -2.04. The molecule has 1 N–H and O–H groups in total. The summed E-state index contributed by atoms with van der Waals surface area (Å²) in [4.78, 5) is 17.8. The van der Waals surface area contributed by atoms with Crippen LogP contribution in [0, 0.1) is 6.92 Å². The largest absolute Gasteiger partial charge is 0.463 e. The molecule has 130 valence electrons. The van der Waals surface area contributed by atoms with Crippen molar-refractivity contribution in [3.8, 4) is 16.6 Å². The molecule has 0 atom stereocenters. The molecule has 0 aliphatic carbocycles. The Morgan fingerprint density at radius 1 is 1.31 bits per heavy atom. The lowest BCUT2D eigenvalue weighted by Crippen LogP contribution is -2.12. The van der Waals surface area contributed by atoms with Crippen molar-refractivity contribution in [2.45, 2.75) is 6.92 Å². The molecule has 4 aromatic heterocycles. The molecule has 0 aliphatic heterocycles. The third-order valence-corrected chi connectivity index (χ3v) is 5.13. The number of furan rings is 1. The van der Waals surface area contributed by atoms with E-state index in [-0.39, 0.29) is 5.91 Å². The first-order chi connectivity index (χ1) is 12.7. The lowest BCUT2D eigenvalue weighted by atomic mass is 10.4. The molecule has 4 heterocycles. The number of carbonyl (C=O) groups excluding carboxylic acids is 1. The number of amides is 1. The fraction of sp³-hybridized carbons (Fsp3) is 0.0556. The second kappa shape index (κ2) is 7.11. The number of aryl methyl sites for hydroxylation is 1. The van der Waals surface area contributed by atoms with Gasteiger partial charge in [0.05, 0.1) is 12.0 Å². The Morgan fingerprint density at radius 3 is 3.00 bits per heavy atom. The van der Waals surface area contributed by atoms with E-state index in [1.807, 2.05) is 48.0 Å². The smallest absolute Gasteiger partial charge is 0.249 e. The van der Waals surface area contributed by atoms with E-state index in [0.717, 1.165) is 16.3 Å². The Hall–Kier alpha value is -2.97. The van der Waals surface area contributed by atoms with Crippen LogP contribution in [0.25, 0.3) is 22.7 Å². The molecule has 0 aromatic carbocycles. The van der Waals surface area contributed by atoms with Crippen molar-refractivity contribution in [3.63, 3.8) is 0 Å². The Labute approximate surface area is 157 Å². The lowest BCUT2D eigenvalue weighted by molar-refractivity contribution is -0.111. The number of rotatable bonds is 5. The van der Waals surface area contributed by atoms with Crippen molar-refractivity contribution >= 4 is 40.5 Å². The molecule has 8 heteroatoms. The monoisotopic (exact) mass is 382 g/mol. The van der Waals surface area contributed by atoms with E-state index in [9.17, 15) is 4.79 Å². The van der Waals surface area contributed by atoms with E-state index in [4.69, 9.17) is 4.42 Å². The van der Waals surface area contributed by atoms with E-state index >= 15 is 0 Å². The summed E-state index contributed by atoms with van der Waals surface area (Å²) in [7, 11) is 0. The van der Waals surface area contributed by atoms with Crippen LogP contribution in [0.3, 0.4) is 0 Å². The Bertz CT molecular complexity index is 1040. The number of thiophene rings is 1. The highest BCUT2D eigenvalue weighted by Crippen LogP contribution is 2.26. The van der Waals surface area contributed by atoms with Gasteiger partial charge in [0, 0.05) is 22.4 Å². The van der Waals surface area contributed by atoms with Crippen LogP contribution >= 0.6 is 22.7 Å². The first-order valence-electron chi connectivity index (χ1n) is 7.78. The minimum atomic E-state index is -0.220. The molecule has 0 saturated carbocycles. The molecular weight excluding hydrogens is 368 g/mol. The van der Waals surface area contributed by atoms with Crippen LogP contribution in [-0.4, -0.2) is 20.7 Å². The molecule has 4 rings (SSSR count). The fourth-order valence-corrected chi connectivity index (χ4v) is 3.74. The number of thiazole rings is 1. The molecule has 0 aliphatic rings. The van der Waals surface area contributed by atoms with E-state index in [1.54, 1.807) is 28.4 Å². The van der Waals surface area contributed by atoms with E-state index in [2.05, 4.69) is 15.4 Å². The number of hydrogen-bond acceptors (Lipinski definition) is 6. The van der Waals surface area contributed by atoms with E-state index in [1.165, 1.54) is 17.4 Å². The number of carbonyl (C=O) groups is 1. The third kappa shape index (κ3) is 3.51. The van der Waals surface area contributed by atoms with Crippen molar-refractivity contribution in [3.05, 3.63) is 64.0 Å². The predicted octanol–water partition coefficient (Wildman–Crippen LogP) is 4.61. The van der Waals surface area contributed by atoms with Crippen molar-refractivity contribution < 1.29 is 9.21 Å². The van der Waals surface area contributed by atoms with Crippen LogP contribution in [-0.2, 0) is 4.79 Å². The zero-order chi connectivity index (χ0) is 17.9. The number of hydrogen-bond donors (Lipinski definition) is 1. The molecule has 1 amide bonds. The first-order valence-corrected chi connectivity index (χ1v) is 9.54. The van der Waals surface area contributed by atoms with E-state index in [0.29, 0.717) is 16.7 Å². The SMILES string of the molecule is Cc1cc(NC(=O)/C=C/c2cccs2)n(-c2nc(-c3ccco3)cs2)n1. The van der Waals surface area contributed by atoms with Crippen molar-refractivity contribution in [2.24, 2.45) is 0 Å². The normalized spacial score (nSPS) is 11.3. The Balaban J connectivity index is 1.56. The Morgan fingerprint density at radius 2 is 2.23 bits per heavy atom. The molecule has 0 unspecified atom stereocenters. The van der Waals surface area contributed by atoms with Crippen LogP contribution in [0.1, 0.15) is 10.6 Å². The van der Waals surface area contributed by atoms with Gasteiger partial charge in [-0.2, -0.15) is 9.78 Å². The summed E-state index contributed by atoms with van der Waals surface area (Å²) in [6.45, 7) is 1.87. The molecule has 26 heavy (non-hydrogen) atoms. The molecule has 0 bridgehead atoms. The summed E-state index contributed by atoms with van der Waals surface area (Å²) in [6, 6.07) is 9.38. The average molecular weight is 382 g/mol. The summed E-state index contributed by atoms with van der Waals surface area (Å²) in [6.07, 6.45) is 4.90. The number of nitrogens with one attached hydrogen (secondary N) is 1. The summed E-state index contributed by atoms with van der Waals surface area (Å²) < 4.78 is 7.00. The van der Waals surface area contributed by atoms with Crippen molar-refractivity contribution in [1.29, 1.82) is 0 Å². The maximum Gasteiger partial charge on any atom is 0.249 e. The van der Waals surface area contributed by atoms with Crippen LogP contribution in [0.4, 0.5) is 5.82 Å². The van der Waals surface area contributed by atoms with Gasteiger partial charge in [0.2, 0.25) is 11.0 Å². The van der Waals surface area contributed by atoms with Gasteiger partial charge in [-0.15, -0.1) is 22.7 Å². The van der Waals surface area contributed by atoms with E-state index < -0.39 is 0 Å². The van der Waals surface area contributed by atoms with Crippen LogP contribution in [0.15, 0.2) is 57.8 Å². The number of anilines is 1. The van der Waals surface area contributed by atoms with Crippen LogP contribution in [0.2, 0.25) is 0 Å². The standard InChI is InChI=1S/C18H14N4O2S2/c1-12-10-16(20-17(23)7-6-13-4-3-9-25-13)22(21-12)18-19-14(11-26-18)15-5-2-8-24-15/h2-11H,1H3,(H,20,23)/b7-6+. The average Bonchev–Trinajstić information content (AvgIpc) is 3.39. The third-order valence-electron chi connectivity index (χ3n) is 3.47. The first kappa shape index (κ1) is 16.5. The second-order valence-electron chi connectivity index (χ2n) is 5.41. The minimum Gasteiger partial charge on any atom is -0.463 e. The van der Waals surface area contributed by atoms with Gasteiger partial charge in [-0.25, -0.2) is 4.98 Å². The molecule has 0 fully saturated rings. The molecule has 6 nitrogen and oxygen atoms in total. The highest BCUT2D eigenvalue weighted by Gasteiger charge is 2.14. The maximum atomic E-state index is 12.2. The molecule has 0 spiro atoms. The molecular formula is C18H14N4O2S2. The molecule has 4 aromatic rings. The fourth-order valence-electron chi connectivity index (χ4n) is 2.35. The zero-order valence-electron chi connectivity index (χ0n) is 13.7. The predicted molar refractivity (Wildman–Crippen MR) is 104 cm³/mol. The van der Waals surface area contributed by atoms with Gasteiger partial charge in [-0.05, 0) is 36.6 Å². The zero-order valence-corrected chi connectivity index (χ0v) is 15.4. The van der Waals surface area contributed by atoms with Gasteiger partial charge in [-0.3, -0.25) is 4.79 Å². The topological polar surface area (TPSA) is 73.0 Å². The summed E-state index contributed by atoms with van der Waals surface area (Å²) in [5.41, 5.74) is 1.52.